The molecule has 0 aliphatic carbocycles. The molecular formula is C20H17ClF2N2O3. The first kappa shape index (κ1) is 19.8. The molecule has 0 unspecified atom stereocenters. The van der Waals surface area contributed by atoms with E-state index in [0.29, 0.717) is 17.1 Å². The highest BCUT2D eigenvalue weighted by molar-refractivity contribution is 6.33. The summed E-state index contributed by atoms with van der Waals surface area (Å²) in [5.74, 6) is -0.794. The fourth-order valence-electron chi connectivity index (χ4n) is 2.87. The summed E-state index contributed by atoms with van der Waals surface area (Å²) in [7, 11) is 2.93. The van der Waals surface area contributed by atoms with Crippen LogP contribution in [-0.4, -0.2) is 24.0 Å². The van der Waals surface area contributed by atoms with Crippen molar-refractivity contribution in [2.24, 2.45) is 0 Å². The number of rotatable bonds is 5. The van der Waals surface area contributed by atoms with Crippen LogP contribution in [-0.2, 0) is 6.54 Å². The highest BCUT2D eigenvalue weighted by Crippen LogP contribution is 2.39. The van der Waals surface area contributed by atoms with Gasteiger partial charge in [0.15, 0.2) is 0 Å². The van der Waals surface area contributed by atoms with Crippen LogP contribution in [0, 0.1) is 11.6 Å². The Morgan fingerprint density at radius 3 is 2.11 bits per heavy atom. The van der Waals surface area contributed by atoms with Gasteiger partial charge in [-0.15, -0.1) is 0 Å². The highest BCUT2D eigenvalue weighted by atomic mass is 35.5. The van der Waals surface area contributed by atoms with Gasteiger partial charge in [-0.2, -0.15) is 5.10 Å². The molecule has 0 saturated heterocycles. The number of methoxy groups -OCH3 is 2. The molecule has 8 heteroatoms. The van der Waals surface area contributed by atoms with Crippen LogP contribution < -0.4 is 15.0 Å². The van der Waals surface area contributed by atoms with E-state index in [9.17, 15) is 13.6 Å². The summed E-state index contributed by atoms with van der Waals surface area (Å²) in [4.78, 5) is 12.6. The molecule has 0 aliphatic heterocycles. The lowest BCUT2D eigenvalue weighted by molar-refractivity contribution is 0.394. The van der Waals surface area contributed by atoms with E-state index in [0.717, 1.165) is 16.8 Å². The molecule has 0 amide bonds. The average molecular weight is 407 g/mol. The van der Waals surface area contributed by atoms with Crippen molar-refractivity contribution in [1.82, 2.24) is 9.78 Å². The van der Waals surface area contributed by atoms with Crippen LogP contribution in [0.3, 0.4) is 0 Å². The summed E-state index contributed by atoms with van der Waals surface area (Å²) >= 11 is 6.36. The van der Waals surface area contributed by atoms with Crippen LogP contribution in [0.4, 0.5) is 8.78 Å². The van der Waals surface area contributed by atoms with E-state index in [1.807, 2.05) is 0 Å². The second-order valence-electron chi connectivity index (χ2n) is 5.86. The molecule has 0 atom stereocenters. The molecule has 0 radical (unpaired) electrons. The maximum atomic E-state index is 14.5. The van der Waals surface area contributed by atoms with E-state index in [4.69, 9.17) is 21.1 Å². The topological polar surface area (TPSA) is 53.4 Å². The van der Waals surface area contributed by atoms with E-state index in [1.54, 1.807) is 25.1 Å². The monoisotopic (exact) mass is 406 g/mol. The first-order valence-electron chi connectivity index (χ1n) is 8.39. The summed E-state index contributed by atoms with van der Waals surface area (Å²) in [6.45, 7) is 1.86. The molecule has 0 bridgehead atoms. The molecule has 5 nitrogen and oxygen atoms in total. The Hall–Kier alpha value is -2.93. The smallest absolute Gasteiger partial charge is 0.286 e. The van der Waals surface area contributed by atoms with Crippen molar-refractivity contribution < 1.29 is 18.3 Å². The zero-order chi connectivity index (χ0) is 20.4. The SMILES string of the molecule is CCn1nc(-c2c(F)cccc2F)c(-c2cc(OC)cc(OC)c2)c(Cl)c1=O. The Balaban J connectivity index is 2.45. The Morgan fingerprint density at radius 2 is 1.61 bits per heavy atom. The summed E-state index contributed by atoms with van der Waals surface area (Å²) in [5, 5.41) is 3.99. The number of aryl methyl sites for hydroxylation is 1. The molecule has 0 aliphatic rings. The lowest BCUT2D eigenvalue weighted by Crippen LogP contribution is -2.24. The molecule has 0 fully saturated rings. The number of hydrogen-bond acceptors (Lipinski definition) is 4. The zero-order valence-electron chi connectivity index (χ0n) is 15.4. The molecule has 0 saturated carbocycles. The lowest BCUT2D eigenvalue weighted by Gasteiger charge is -2.16. The minimum absolute atomic E-state index is 0.0858. The van der Waals surface area contributed by atoms with Crippen LogP contribution in [0.2, 0.25) is 5.02 Å². The van der Waals surface area contributed by atoms with Gasteiger partial charge in [-0.3, -0.25) is 4.79 Å². The van der Waals surface area contributed by atoms with E-state index in [1.165, 1.54) is 20.3 Å². The zero-order valence-corrected chi connectivity index (χ0v) is 16.2. The summed E-state index contributed by atoms with van der Waals surface area (Å²) in [5.41, 5.74) is -0.550. The van der Waals surface area contributed by atoms with Gasteiger partial charge in [0.05, 0.1) is 19.8 Å². The van der Waals surface area contributed by atoms with Gasteiger partial charge < -0.3 is 9.47 Å². The number of halogens is 3. The Bertz CT molecular complexity index is 1060. The molecule has 3 aromatic rings. The van der Waals surface area contributed by atoms with Crippen molar-refractivity contribution in [3.8, 4) is 33.9 Å². The van der Waals surface area contributed by atoms with Crippen LogP contribution in [0.25, 0.3) is 22.4 Å². The third kappa shape index (κ3) is 3.45. The number of nitrogens with zero attached hydrogens (tertiary/aromatic N) is 2. The number of benzene rings is 2. The van der Waals surface area contributed by atoms with Crippen molar-refractivity contribution in [3.63, 3.8) is 0 Å². The van der Waals surface area contributed by atoms with Crippen molar-refractivity contribution in [1.29, 1.82) is 0 Å². The minimum Gasteiger partial charge on any atom is -0.497 e. The van der Waals surface area contributed by atoms with Gasteiger partial charge in [0.25, 0.3) is 5.56 Å². The lowest BCUT2D eigenvalue weighted by atomic mass is 9.98. The first-order valence-corrected chi connectivity index (χ1v) is 8.77. The van der Waals surface area contributed by atoms with Crippen LogP contribution in [0.15, 0.2) is 41.2 Å². The quantitative estimate of drug-likeness (QED) is 0.624. The molecule has 1 heterocycles. The van der Waals surface area contributed by atoms with Gasteiger partial charge in [0.2, 0.25) is 0 Å². The fraction of sp³-hybridized carbons (Fsp3) is 0.200. The van der Waals surface area contributed by atoms with E-state index < -0.39 is 17.2 Å². The van der Waals surface area contributed by atoms with Gasteiger partial charge in [0.1, 0.15) is 33.9 Å². The van der Waals surface area contributed by atoms with Gasteiger partial charge in [-0.25, -0.2) is 13.5 Å². The standard InChI is InChI=1S/C20H17ClF2N2O3/c1-4-25-20(26)18(21)16(11-8-12(27-2)10-13(9-11)28-3)19(24-25)17-14(22)6-5-7-15(17)23/h5-10H,4H2,1-3H3. The third-order valence-electron chi connectivity index (χ3n) is 4.24. The number of ether oxygens (including phenoxy) is 2. The van der Waals surface area contributed by atoms with Gasteiger partial charge in [0, 0.05) is 18.2 Å². The molecule has 2 aromatic carbocycles. The normalized spacial score (nSPS) is 10.8. The Kier molecular flexibility index (Phi) is 5.65. The molecular weight excluding hydrogens is 390 g/mol. The van der Waals surface area contributed by atoms with Crippen LogP contribution >= 0.6 is 11.6 Å². The molecule has 3 rings (SSSR count). The van der Waals surface area contributed by atoms with Crippen LogP contribution in [0.1, 0.15) is 6.92 Å². The van der Waals surface area contributed by atoms with Gasteiger partial charge >= 0.3 is 0 Å². The Labute approximate surface area is 165 Å². The van der Waals surface area contributed by atoms with Crippen LogP contribution in [0.5, 0.6) is 11.5 Å². The average Bonchev–Trinajstić information content (AvgIpc) is 2.69. The second-order valence-corrected chi connectivity index (χ2v) is 6.23. The maximum absolute atomic E-state index is 14.5. The predicted octanol–water partition coefficient (Wildman–Crippen LogP) is 4.55. The fourth-order valence-corrected chi connectivity index (χ4v) is 3.17. The van der Waals surface area contributed by atoms with E-state index in [2.05, 4.69) is 5.10 Å². The molecule has 28 heavy (non-hydrogen) atoms. The minimum atomic E-state index is -0.819. The number of hydrogen-bond donors (Lipinski definition) is 0. The van der Waals surface area contributed by atoms with Gasteiger partial charge in [-0.05, 0) is 36.8 Å². The maximum Gasteiger partial charge on any atom is 0.286 e. The van der Waals surface area contributed by atoms with Crippen molar-refractivity contribution in [2.75, 3.05) is 14.2 Å². The predicted molar refractivity (Wildman–Crippen MR) is 103 cm³/mol. The van der Waals surface area contributed by atoms with E-state index >= 15 is 0 Å². The van der Waals surface area contributed by atoms with Crippen molar-refractivity contribution in [3.05, 3.63) is 63.4 Å². The highest BCUT2D eigenvalue weighted by Gasteiger charge is 2.24. The van der Waals surface area contributed by atoms with Crippen molar-refractivity contribution in [2.45, 2.75) is 13.5 Å². The van der Waals surface area contributed by atoms with Crippen molar-refractivity contribution >= 4 is 11.6 Å². The van der Waals surface area contributed by atoms with Gasteiger partial charge in [-0.1, -0.05) is 17.7 Å². The molecule has 0 N–H and O–H groups in total. The second kappa shape index (κ2) is 7.98. The summed E-state index contributed by atoms with van der Waals surface area (Å²) in [6, 6.07) is 8.28. The molecule has 0 spiro atoms. The Morgan fingerprint density at radius 1 is 1.04 bits per heavy atom. The van der Waals surface area contributed by atoms with E-state index in [-0.39, 0.29) is 28.4 Å². The summed E-state index contributed by atoms with van der Waals surface area (Å²) in [6.07, 6.45) is 0. The third-order valence-corrected chi connectivity index (χ3v) is 4.59. The molecule has 1 aromatic heterocycles. The molecule has 146 valence electrons. The number of aromatic nitrogens is 2. The largest absolute Gasteiger partial charge is 0.497 e. The summed E-state index contributed by atoms with van der Waals surface area (Å²) < 4.78 is 40.6. The first-order chi connectivity index (χ1) is 13.4.